The zero-order valence-corrected chi connectivity index (χ0v) is 19.7. The fraction of sp³-hybridized carbons (Fsp3) is 0.760. The predicted octanol–water partition coefficient (Wildman–Crippen LogP) is 8.99. The fourth-order valence-corrected chi connectivity index (χ4v) is 3.99. The van der Waals surface area contributed by atoms with Crippen LogP contribution < -0.4 is 0 Å². The SMILES string of the molecule is C=C(C/C=C\CC)C(C)(C)C.C=C(CCCCC1CCCS1)C(C)(C)C. The van der Waals surface area contributed by atoms with E-state index in [4.69, 9.17) is 0 Å². The first-order valence-electron chi connectivity index (χ1n) is 10.6. The Morgan fingerprint density at radius 1 is 0.962 bits per heavy atom. The molecule has 1 aliphatic rings. The standard InChI is InChI=1S/C14H26S.C11H20/c1-12(14(2,3)4)8-5-6-9-13-10-7-11-15-13;1-6-7-8-9-10(2)11(3,4)5/h13H,1,5-11H2,2-4H3;7-8H,2,6,9H2,1,3-5H3/b;8-7-. The number of hydrogen-bond donors (Lipinski definition) is 0. The maximum absolute atomic E-state index is 4.19. The van der Waals surface area contributed by atoms with Gasteiger partial charge in [-0.3, -0.25) is 0 Å². The Bertz CT molecular complexity index is 422. The van der Waals surface area contributed by atoms with E-state index in [0.717, 1.165) is 18.1 Å². The van der Waals surface area contributed by atoms with Gasteiger partial charge in [0.1, 0.15) is 0 Å². The van der Waals surface area contributed by atoms with Crippen molar-refractivity contribution in [1.82, 2.24) is 0 Å². The molecule has 1 heteroatoms. The van der Waals surface area contributed by atoms with Gasteiger partial charge in [0.2, 0.25) is 0 Å². The summed E-state index contributed by atoms with van der Waals surface area (Å²) in [4.78, 5) is 0. The van der Waals surface area contributed by atoms with Crippen molar-refractivity contribution in [3.8, 4) is 0 Å². The van der Waals surface area contributed by atoms with Gasteiger partial charge in [0.25, 0.3) is 0 Å². The van der Waals surface area contributed by atoms with Gasteiger partial charge in [-0.2, -0.15) is 11.8 Å². The largest absolute Gasteiger partial charge is 0.159 e. The van der Waals surface area contributed by atoms with Gasteiger partial charge >= 0.3 is 0 Å². The van der Waals surface area contributed by atoms with E-state index in [1.807, 2.05) is 0 Å². The van der Waals surface area contributed by atoms with Crippen molar-refractivity contribution >= 4 is 11.8 Å². The molecular weight excluding hydrogens is 332 g/mol. The summed E-state index contributed by atoms with van der Waals surface area (Å²) in [6, 6.07) is 0. The third kappa shape index (κ3) is 12.8. The molecule has 1 heterocycles. The fourth-order valence-electron chi connectivity index (χ4n) is 2.66. The molecule has 1 fully saturated rings. The number of thioether (sulfide) groups is 1. The summed E-state index contributed by atoms with van der Waals surface area (Å²) in [5, 5.41) is 0.980. The summed E-state index contributed by atoms with van der Waals surface area (Å²) in [6.45, 7) is 23.8. The maximum atomic E-state index is 4.19. The summed E-state index contributed by atoms with van der Waals surface area (Å²) >= 11 is 2.18. The number of rotatable bonds is 8. The zero-order chi connectivity index (χ0) is 20.2. The summed E-state index contributed by atoms with van der Waals surface area (Å²) in [5.41, 5.74) is 3.30. The van der Waals surface area contributed by atoms with Crippen molar-refractivity contribution in [2.75, 3.05) is 5.75 Å². The van der Waals surface area contributed by atoms with Crippen molar-refractivity contribution < 1.29 is 0 Å². The molecule has 0 aliphatic carbocycles. The molecule has 0 amide bonds. The second kappa shape index (κ2) is 12.9. The molecule has 0 nitrogen and oxygen atoms in total. The maximum Gasteiger partial charge on any atom is 0.00473 e. The topological polar surface area (TPSA) is 0 Å². The second-order valence-corrected chi connectivity index (χ2v) is 11.1. The lowest BCUT2D eigenvalue weighted by Crippen LogP contribution is -2.08. The number of allylic oxidation sites excluding steroid dienone is 4. The number of hydrogen-bond acceptors (Lipinski definition) is 1. The van der Waals surface area contributed by atoms with E-state index in [1.54, 1.807) is 0 Å². The molecule has 0 N–H and O–H groups in total. The van der Waals surface area contributed by atoms with Crippen molar-refractivity contribution in [2.24, 2.45) is 10.8 Å². The molecule has 1 rings (SSSR count). The van der Waals surface area contributed by atoms with Crippen LogP contribution in [0.25, 0.3) is 0 Å². The van der Waals surface area contributed by atoms with E-state index < -0.39 is 0 Å². The van der Waals surface area contributed by atoms with Crippen LogP contribution in [0, 0.1) is 10.8 Å². The molecule has 0 aromatic rings. The lowest BCUT2D eigenvalue weighted by atomic mass is 9.84. The van der Waals surface area contributed by atoms with E-state index in [2.05, 4.69) is 85.5 Å². The first-order valence-corrected chi connectivity index (χ1v) is 11.7. The van der Waals surface area contributed by atoms with E-state index >= 15 is 0 Å². The molecule has 1 atom stereocenters. The van der Waals surface area contributed by atoms with Crippen LogP contribution in [0.4, 0.5) is 0 Å². The summed E-state index contributed by atoms with van der Waals surface area (Å²) in [7, 11) is 0. The molecular formula is C25H46S. The van der Waals surface area contributed by atoms with Gasteiger partial charge in [-0.1, -0.05) is 91.3 Å². The minimum Gasteiger partial charge on any atom is -0.159 e. The Labute approximate surface area is 170 Å². The quantitative estimate of drug-likeness (QED) is 0.300. The average Bonchev–Trinajstić information content (AvgIpc) is 3.03. The van der Waals surface area contributed by atoms with Gasteiger partial charge < -0.3 is 0 Å². The minimum absolute atomic E-state index is 0.262. The molecule has 0 saturated carbocycles. The lowest BCUT2D eigenvalue weighted by Gasteiger charge is -2.21. The molecule has 26 heavy (non-hydrogen) atoms. The summed E-state index contributed by atoms with van der Waals surface area (Å²) in [6.07, 6.45) is 14.8. The molecule has 1 aliphatic heterocycles. The van der Waals surface area contributed by atoms with E-state index in [9.17, 15) is 0 Å². The Morgan fingerprint density at radius 2 is 1.58 bits per heavy atom. The smallest absolute Gasteiger partial charge is 0.00473 e. The summed E-state index contributed by atoms with van der Waals surface area (Å²) < 4.78 is 0. The van der Waals surface area contributed by atoms with E-state index in [1.165, 1.54) is 55.4 Å². The van der Waals surface area contributed by atoms with Crippen LogP contribution in [0.1, 0.15) is 99.8 Å². The average molecular weight is 379 g/mol. The highest BCUT2D eigenvalue weighted by atomic mass is 32.2. The third-order valence-corrected chi connectivity index (χ3v) is 6.63. The van der Waals surface area contributed by atoms with E-state index in [-0.39, 0.29) is 5.41 Å². The normalized spacial score (nSPS) is 17.9. The molecule has 1 unspecified atom stereocenters. The molecule has 0 spiro atoms. The highest BCUT2D eigenvalue weighted by Crippen LogP contribution is 2.32. The Kier molecular flexibility index (Phi) is 12.7. The van der Waals surface area contributed by atoms with Gasteiger partial charge in [0.15, 0.2) is 0 Å². The molecule has 0 bridgehead atoms. The molecule has 0 aromatic heterocycles. The first kappa shape index (κ1) is 25.6. The van der Waals surface area contributed by atoms with Gasteiger partial charge in [0, 0.05) is 5.25 Å². The van der Waals surface area contributed by atoms with Gasteiger partial charge in [0.05, 0.1) is 0 Å². The highest BCUT2D eigenvalue weighted by molar-refractivity contribution is 8.00. The van der Waals surface area contributed by atoms with Crippen molar-refractivity contribution in [2.45, 2.75) is 105 Å². The van der Waals surface area contributed by atoms with Crippen LogP contribution in [0.3, 0.4) is 0 Å². The second-order valence-electron chi connectivity index (χ2n) is 9.67. The van der Waals surface area contributed by atoms with Gasteiger partial charge in [-0.05, 0) is 61.5 Å². The summed E-state index contributed by atoms with van der Waals surface area (Å²) in [5.74, 6) is 1.40. The van der Waals surface area contributed by atoms with Crippen molar-refractivity contribution in [3.05, 3.63) is 36.5 Å². The Morgan fingerprint density at radius 3 is 2.04 bits per heavy atom. The Hall–Kier alpha value is -0.430. The molecule has 0 aromatic carbocycles. The van der Waals surface area contributed by atoms with E-state index in [0.29, 0.717) is 5.41 Å². The predicted molar refractivity (Wildman–Crippen MR) is 125 cm³/mol. The number of unbranched alkanes of at least 4 members (excludes halogenated alkanes) is 1. The monoisotopic (exact) mass is 378 g/mol. The first-order chi connectivity index (χ1) is 12.0. The van der Waals surface area contributed by atoms with Crippen molar-refractivity contribution in [1.29, 1.82) is 0 Å². The van der Waals surface area contributed by atoms with Gasteiger partial charge in [-0.15, -0.1) is 0 Å². The van der Waals surface area contributed by atoms with Crippen molar-refractivity contribution in [3.63, 3.8) is 0 Å². The van der Waals surface area contributed by atoms with Crippen LogP contribution >= 0.6 is 11.8 Å². The highest BCUT2D eigenvalue weighted by Gasteiger charge is 2.16. The molecule has 1 saturated heterocycles. The zero-order valence-electron chi connectivity index (χ0n) is 18.9. The van der Waals surface area contributed by atoms with Crippen LogP contribution in [-0.2, 0) is 0 Å². The minimum atomic E-state index is 0.262. The molecule has 0 radical (unpaired) electrons. The van der Waals surface area contributed by atoms with Crippen LogP contribution in [0.2, 0.25) is 0 Å². The van der Waals surface area contributed by atoms with Gasteiger partial charge in [-0.25, -0.2) is 0 Å². The van der Waals surface area contributed by atoms with Crippen LogP contribution in [0.5, 0.6) is 0 Å². The lowest BCUT2D eigenvalue weighted by molar-refractivity contribution is 0.473. The Balaban J connectivity index is 0.000000508. The van der Waals surface area contributed by atoms with Crippen LogP contribution in [0.15, 0.2) is 36.5 Å². The molecule has 152 valence electrons. The third-order valence-electron chi connectivity index (χ3n) is 5.17. The van der Waals surface area contributed by atoms with Crippen LogP contribution in [-0.4, -0.2) is 11.0 Å².